The maximum absolute atomic E-state index is 14.1. The number of piperidine rings is 1. The van der Waals surface area contributed by atoms with Gasteiger partial charge < -0.3 is 20.5 Å². The molecule has 7 heteroatoms. The number of fused-ring (bicyclic) bond motifs is 1. The molecule has 1 fully saturated rings. The number of benzene rings is 2. The number of halogens is 1. The highest BCUT2D eigenvalue weighted by Gasteiger charge is 2.30. The molecule has 2 aliphatic rings. The topological polar surface area (TPSA) is 73.0 Å². The van der Waals surface area contributed by atoms with Crippen LogP contribution in [0.3, 0.4) is 0 Å². The molecule has 1 amide bonds. The van der Waals surface area contributed by atoms with Crippen LogP contribution in [-0.2, 0) is 4.79 Å². The highest BCUT2D eigenvalue weighted by molar-refractivity contribution is 6.38. The van der Waals surface area contributed by atoms with Gasteiger partial charge in [-0.2, -0.15) is 0 Å². The van der Waals surface area contributed by atoms with E-state index in [9.17, 15) is 9.18 Å². The monoisotopic (exact) mass is 431 g/mol. The molecule has 164 valence electrons. The second-order valence-electron chi connectivity index (χ2n) is 8.27. The van der Waals surface area contributed by atoms with Crippen molar-refractivity contribution in [3.05, 3.63) is 77.6 Å². The van der Waals surface area contributed by atoms with Gasteiger partial charge in [0, 0.05) is 54.0 Å². The Morgan fingerprint density at radius 2 is 2.06 bits per heavy atom. The molecular weight excluding hydrogens is 405 g/mol. The van der Waals surface area contributed by atoms with Crippen LogP contribution in [-0.4, -0.2) is 46.5 Å². The number of hydrogen-bond acceptors (Lipinski definition) is 4. The molecule has 0 radical (unpaired) electrons. The number of carbonyl (C=O) groups is 1. The third-order valence-electron chi connectivity index (χ3n) is 6.27. The largest absolute Gasteiger partial charge is 0.382 e. The molecule has 2 aliphatic heterocycles. The Labute approximate surface area is 186 Å². The van der Waals surface area contributed by atoms with E-state index in [2.05, 4.69) is 32.4 Å². The van der Waals surface area contributed by atoms with Gasteiger partial charge in [0.15, 0.2) is 0 Å². The predicted octanol–water partition coefficient (Wildman–Crippen LogP) is 4.36. The van der Waals surface area contributed by atoms with Crippen LogP contribution in [0.1, 0.15) is 36.7 Å². The number of hydrogen-bond donors (Lipinski definition) is 3. The first-order valence-corrected chi connectivity index (χ1v) is 11.1. The minimum atomic E-state index is -0.361. The summed E-state index contributed by atoms with van der Waals surface area (Å²) in [5.41, 5.74) is 4.19. The van der Waals surface area contributed by atoms with E-state index < -0.39 is 0 Å². The summed E-state index contributed by atoms with van der Waals surface area (Å²) in [5.74, 6) is -0.0532. The van der Waals surface area contributed by atoms with E-state index in [0.29, 0.717) is 28.6 Å². The maximum Gasteiger partial charge on any atom is 0.257 e. The zero-order chi connectivity index (χ0) is 22.1. The second kappa shape index (κ2) is 8.59. The van der Waals surface area contributed by atoms with Crippen LogP contribution >= 0.6 is 0 Å². The second-order valence-corrected chi connectivity index (χ2v) is 8.27. The molecule has 5 rings (SSSR count). The molecule has 3 aromatic rings. The Balaban J connectivity index is 1.55. The summed E-state index contributed by atoms with van der Waals surface area (Å²) in [5, 5.41) is 6.59. The van der Waals surface area contributed by atoms with Crippen LogP contribution in [0.4, 0.5) is 15.8 Å². The molecule has 3 N–H and O–H groups in total. The third-order valence-corrected chi connectivity index (χ3v) is 6.27. The van der Waals surface area contributed by atoms with E-state index in [-0.39, 0.29) is 11.7 Å². The number of anilines is 2. The summed E-state index contributed by atoms with van der Waals surface area (Å²) in [6.45, 7) is 5.46. The molecular formula is C25H26FN5O. The molecule has 1 saturated heterocycles. The Kier molecular flexibility index (Phi) is 5.49. The zero-order valence-electron chi connectivity index (χ0n) is 18.0. The van der Waals surface area contributed by atoms with Crippen molar-refractivity contribution in [2.45, 2.75) is 25.8 Å². The average Bonchev–Trinajstić information content (AvgIpc) is 3.43. The van der Waals surface area contributed by atoms with Crippen LogP contribution in [0, 0.1) is 5.82 Å². The first-order valence-electron chi connectivity index (χ1n) is 11.1. The normalized spacial score (nSPS) is 18.4. The van der Waals surface area contributed by atoms with Crippen molar-refractivity contribution in [1.29, 1.82) is 0 Å². The Morgan fingerprint density at radius 3 is 2.78 bits per heavy atom. The summed E-state index contributed by atoms with van der Waals surface area (Å²) < 4.78 is 14.1. The molecule has 0 unspecified atom stereocenters. The van der Waals surface area contributed by atoms with Crippen LogP contribution in [0.15, 0.2) is 54.9 Å². The SMILES string of the molecule is CCN1CCC(Nc2ccc3c(c2)/C(=C(\c2cccc(F)c2)c2ncc[nH]2)C(=O)N3)CC1. The molecule has 0 aliphatic carbocycles. The quantitative estimate of drug-likeness (QED) is 0.525. The Hall–Kier alpha value is -3.45. The molecule has 0 bridgehead atoms. The van der Waals surface area contributed by atoms with Gasteiger partial charge in [-0.25, -0.2) is 9.37 Å². The van der Waals surface area contributed by atoms with Gasteiger partial charge >= 0.3 is 0 Å². The van der Waals surface area contributed by atoms with Crippen molar-refractivity contribution in [3.63, 3.8) is 0 Å². The van der Waals surface area contributed by atoms with Crippen molar-refractivity contribution >= 4 is 28.4 Å². The van der Waals surface area contributed by atoms with E-state index in [1.807, 2.05) is 18.2 Å². The summed E-state index contributed by atoms with van der Waals surface area (Å²) in [6.07, 6.45) is 5.50. The number of amides is 1. The van der Waals surface area contributed by atoms with E-state index in [0.717, 1.165) is 49.4 Å². The lowest BCUT2D eigenvalue weighted by Crippen LogP contribution is -2.38. The van der Waals surface area contributed by atoms with Gasteiger partial charge in [0.2, 0.25) is 0 Å². The number of nitrogens with one attached hydrogen (secondary N) is 3. The number of aromatic amines is 1. The van der Waals surface area contributed by atoms with E-state index in [4.69, 9.17) is 0 Å². The molecule has 0 saturated carbocycles. The lowest BCUT2D eigenvalue weighted by Gasteiger charge is -2.32. The molecule has 3 heterocycles. The molecule has 6 nitrogen and oxygen atoms in total. The van der Waals surface area contributed by atoms with E-state index in [1.54, 1.807) is 24.5 Å². The van der Waals surface area contributed by atoms with Crippen LogP contribution in [0.2, 0.25) is 0 Å². The lowest BCUT2D eigenvalue weighted by molar-refractivity contribution is -0.110. The number of nitrogens with zero attached hydrogens (tertiary/aromatic N) is 2. The van der Waals surface area contributed by atoms with Gasteiger partial charge in [-0.05, 0) is 55.3 Å². The summed E-state index contributed by atoms with van der Waals surface area (Å²) in [4.78, 5) is 23.0. The number of carbonyl (C=O) groups excluding carboxylic acids is 1. The highest BCUT2D eigenvalue weighted by atomic mass is 19.1. The number of H-pyrrole nitrogens is 1. The van der Waals surface area contributed by atoms with Gasteiger partial charge in [0.1, 0.15) is 11.6 Å². The smallest absolute Gasteiger partial charge is 0.257 e. The third kappa shape index (κ3) is 3.91. The zero-order valence-corrected chi connectivity index (χ0v) is 18.0. The minimum absolute atomic E-state index is 0.218. The van der Waals surface area contributed by atoms with Gasteiger partial charge in [-0.3, -0.25) is 4.79 Å². The standard InChI is InChI=1S/C25H26FN5O/c1-2-31-12-8-18(9-13-31)29-19-6-7-21-20(15-19)23(25(32)30-21)22(24-27-10-11-28-24)16-4-3-5-17(26)14-16/h3-7,10-11,14-15,18,29H,2,8-9,12-13H2,1H3,(H,27,28)(H,30,32)/b23-22-. The van der Waals surface area contributed by atoms with Crippen molar-refractivity contribution in [2.75, 3.05) is 30.3 Å². The average molecular weight is 432 g/mol. The number of rotatable bonds is 5. The Morgan fingerprint density at radius 1 is 1.22 bits per heavy atom. The first kappa shape index (κ1) is 20.5. The van der Waals surface area contributed by atoms with Gasteiger partial charge in [0.25, 0.3) is 5.91 Å². The van der Waals surface area contributed by atoms with Crippen LogP contribution in [0.25, 0.3) is 11.1 Å². The first-order chi connectivity index (χ1) is 15.6. The molecule has 0 spiro atoms. The van der Waals surface area contributed by atoms with E-state index in [1.165, 1.54) is 12.1 Å². The molecule has 0 atom stereocenters. The fourth-order valence-electron chi connectivity index (χ4n) is 4.58. The lowest BCUT2D eigenvalue weighted by atomic mass is 9.94. The highest BCUT2D eigenvalue weighted by Crippen LogP contribution is 2.40. The minimum Gasteiger partial charge on any atom is -0.382 e. The van der Waals surface area contributed by atoms with E-state index >= 15 is 0 Å². The molecule has 32 heavy (non-hydrogen) atoms. The fourth-order valence-corrected chi connectivity index (χ4v) is 4.58. The van der Waals surface area contributed by atoms with Gasteiger partial charge in [0.05, 0.1) is 5.57 Å². The van der Waals surface area contributed by atoms with Gasteiger partial charge in [-0.1, -0.05) is 19.1 Å². The molecule has 1 aromatic heterocycles. The fraction of sp³-hybridized carbons (Fsp3) is 0.280. The van der Waals surface area contributed by atoms with Crippen LogP contribution in [0.5, 0.6) is 0 Å². The van der Waals surface area contributed by atoms with Gasteiger partial charge in [-0.15, -0.1) is 0 Å². The number of imidazole rings is 1. The van der Waals surface area contributed by atoms with Crippen molar-refractivity contribution < 1.29 is 9.18 Å². The summed E-state index contributed by atoms with van der Waals surface area (Å²) >= 11 is 0. The van der Waals surface area contributed by atoms with Crippen molar-refractivity contribution in [1.82, 2.24) is 14.9 Å². The molecule has 2 aromatic carbocycles. The Bertz CT molecular complexity index is 1160. The van der Waals surface area contributed by atoms with Crippen molar-refractivity contribution in [3.8, 4) is 0 Å². The maximum atomic E-state index is 14.1. The number of aromatic nitrogens is 2. The van der Waals surface area contributed by atoms with Crippen molar-refractivity contribution in [2.24, 2.45) is 0 Å². The summed E-state index contributed by atoms with van der Waals surface area (Å²) in [6, 6.07) is 12.6. The van der Waals surface area contributed by atoms with Crippen LogP contribution < -0.4 is 10.6 Å². The number of likely N-dealkylation sites (tertiary alicyclic amines) is 1. The summed E-state index contributed by atoms with van der Waals surface area (Å²) in [7, 11) is 0. The predicted molar refractivity (Wildman–Crippen MR) is 125 cm³/mol.